The molecule has 0 unspecified atom stereocenters. The number of rotatable bonds is 7. The van der Waals surface area contributed by atoms with Crippen molar-refractivity contribution in [2.45, 2.75) is 38.3 Å². The molecule has 1 saturated carbocycles. The van der Waals surface area contributed by atoms with Crippen molar-refractivity contribution in [3.8, 4) is 0 Å². The lowest BCUT2D eigenvalue weighted by molar-refractivity contribution is -0.134. The van der Waals surface area contributed by atoms with E-state index in [1.165, 1.54) is 4.90 Å². The van der Waals surface area contributed by atoms with Crippen LogP contribution in [0, 0.1) is 0 Å². The van der Waals surface area contributed by atoms with Crippen molar-refractivity contribution in [3.63, 3.8) is 0 Å². The first-order chi connectivity index (χ1) is 14.9. The number of anilines is 2. The van der Waals surface area contributed by atoms with Crippen LogP contribution >= 0.6 is 0 Å². The maximum absolute atomic E-state index is 12.9. The predicted octanol–water partition coefficient (Wildman–Crippen LogP) is 2.04. The molecule has 2 aromatic rings. The Labute approximate surface area is 180 Å². The molecule has 8 heteroatoms. The number of amides is 4. The molecule has 1 fully saturated rings. The molecule has 4 rings (SSSR count). The first kappa shape index (κ1) is 20.6. The van der Waals surface area contributed by atoms with Gasteiger partial charge in [0.25, 0.3) is 0 Å². The monoisotopic (exact) mass is 420 g/mol. The molecule has 1 aliphatic heterocycles. The fourth-order valence-corrected chi connectivity index (χ4v) is 3.73. The van der Waals surface area contributed by atoms with E-state index in [2.05, 4.69) is 5.32 Å². The second-order valence-corrected chi connectivity index (χ2v) is 7.86. The van der Waals surface area contributed by atoms with Crippen LogP contribution < -0.4 is 16.0 Å². The van der Waals surface area contributed by atoms with E-state index < -0.39 is 5.91 Å². The number of hydrogen-bond acceptors (Lipinski definition) is 4. The molecule has 0 radical (unpaired) electrons. The van der Waals surface area contributed by atoms with Crippen LogP contribution in [0.25, 0.3) is 0 Å². The summed E-state index contributed by atoms with van der Waals surface area (Å²) in [6.45, 7) is 0.369. The Kier molecular flexibility index (Phi) is 5.70. The van der Waals surface area contributed by atoms with Gasteiger partial charge in [0.2, 0.25) is 23.6 Å². The van der Waals surface area contributed by atoms with Gasteiger partial charge in [-0.2, -0.15) is 0 Å². The summed E-state index contributed by atoms with van der Waals surface area (Å²) >= 11 is 0. The molecule has 160 valence electrons. The van der Waals surface area contributed by atoms with Gasteiger partial charge in [0.15, 0.2) is 0 Å². The number of carbonyl (C=O) groups is 4. The van der Waals surface area contributed by atoms with Gasteiger partial charge in [0, 0.05) is 31.0 Å². The van der Waals surface area contributed by atoms with E-state index >= 15 is 0 Å². The van der Waals surface area contributed by atoms with Gasteiger partial charge in [-0.25, -0.2) is 0 Å². The fourth-order valence-electron chi connectivity index (χ4n) is 3.73. The van der Waals surface area contributed by atoms with Gasteiger partial charge in [-0.15, -0.1) is 0 Å². The lowest BCUT2D eigenvalue weighted by Gasteiger charge is -2.29. The molecule has 8 nitrogen and oxygen atoms in total. The third-order valence-electron chi connectivity index (χ3n) is 5.52. The normalized spacial score (nSPS) is 15.1. The van der Waals surface area contributed by atoms with E-state index in [9.17, 15) is 19.2 Å². The molecule has 31 heavy (non-hydrogen) atoms. The zero-order valence-electron chi connectivity index (χ0n) is 17.0. The van der Waals surface area contributed by atoms with Crippen molar-refractivity contribution in [1.82, 2.24) is 4.90 Å². The van der Waals surface area contributed by atoms with Crippen LogP contribution in [0.3, 0.4) is 0 Å². The molecule has 2 aliphatic rings. The summed E-state index contributed by atoms with van der Waals surface area (Å²) in [5, 5.41) is 2.75. The van der Waals surface area contributed by atoms with E-state index in [1.807, 2.05) is 0 Å². The van der Waals surface area contributed by atoms with Crippen LogP contribution in [0.1, 0.15) is 41.6 Å². The molecule has 0 aromatic heterocycles. The van der Waals surface area contributed by atoms with E-state index in [0.717, 1.165) is 18.4 Å². The summed E-state index contributed by atoms with van der Waals surface area (Å²) in [7, 11) is 0. The van der Waals surface area contributed by atoms with Crippen LogP contribution in [0.5, 0.6) is 0 Å². The van der Waals surface area contributed by atoms with E-state index in [1.54, 1.807) is 53.4 Å². The van der Waals surface area contributed by atoms with Crippen LogP contribution in [-0.4, -0.2) is 41.1 Å². The van der Waals surface area contributed by atoms with E-state index in [-0.39, 0.29) is 43.1 Å². The third kappa shape index (κ3) is 4.74. The van der Waals surface area contributed by atoms with Crippen molar-refractivity contribution in [2.24, 2.45) is 5.73 Å². The Balaban J connectivity index is 1.39. The molecule has 0 bridgehead atoms. The van der Waals surface area contributed by atoms with Crippen molar-refractivity contribution < 1.29 is 19.2 Å². The van der Waals surface area contributed by atoms with Crippen molar-refractivity contribution >= 4 is 35.0 Å². The van der Waals surface area contributed by atoms with Crippen molar-refractivity contribution in [2.75, 3.05) is 16.8 Å². The first-order valence-electron chi connectivity index (χ1n) is 10.3. The van der Waals surface area contributed by atoms with Crippen LogP contribution in [-0.2, 0) is 20.9 Å². The fraction of sp³-hybridized carbons (Fsp3) is 0.304. The molecule has 3 N–H and O–H groups in total. The topological polar surface area (TPSA) is 113 Å². The Hall–Kier alpha value is -3.68. The van der Waals surface area contributed by atoms with Gasteiger partial charge in [-0.05, 0) is 42.7 Å². The molecular formula is C23H24N4O4. The van der Waals surface area contributed by atoms with Gasteiger partial charge < -0.3 is 20.9 Å². The van der Waals surface area contributed by atoms with Crippen molar-refractivity contribution in [1.29, 1.82) is 0 Å². The Morgan fingerprint density at radius 2 is 1.74 bits per heavy atom. The number of hydrogen-bond donors (Lipinski definition) is 2. The molecule has 0 spiro atoms. The number of benzene rings is 2. The Morgan fingerprint density at radius 1 is 1.03 bits per heavy atom. The van der Waals surface area contributed by atoms with Crippen LogP contribution in [0.15, 0.2) is 48.5 Å². The van der Waals surface area contributed by atoms with Gasteiger partial charge in [0.05, 0.1) is 11.4 Å². The van der Waals surface area contributed by atoms with Crippen LogP contribution in [0.4, 0.5) is 11.4 Å². The van der Waals surface area contributed by atoms with Gasteiger partial charge in [0.1, 0.15) is 6.54 Å². The standard InChI is InChI=1S/C23H24N4O4/c24-23(31)16-7-5-15(6-8-16)13-26(17-9-10-17)21(29)11-12-22(30)27-14-20(28)25-18-3-1-2-4-19(18)27/h1-8,17H,9-14H2,(H2,24,31)(H,25,28). The quantitative estimate of drug-likeness (QED) is 0.714. The second-order valence-electron chi connectivity index (χ2n) is 7.86. The maximum atomic E-state index is 12.9. The predicted molar refractivity (Wildman–Crippen MR) is 115 cm³/mol. The molecule has 1 heterocycles. The van der Waals surface area contributed by atoms with E-state index in [4.69, 9.17) is 5.73 Å². The van der Waals surface area contributed by atoms with Gasteiger partial charge in [-0.3, -0.25) is 19.2 Å². The first-order valence-corrected chi connectivity index (χ1v) is 10.3. The highest BCUT2D eigenvalue weighted by Gasteiger charge is 2.33. The summed E-state index contributed by atoms with van der Waals surface area (Å²) in [4.78, 5) is 52.1. The molecular weight excluding hydrogens is 396 g/mol. The second kappa shape index (κ2) is 8.59. The number of nitrogens with zero attached hydrogens (tertiary/aromatic N) is 2. The number of para-hydroxylation sites is 2. The zero-order valence-corrected chi connectivity index (χ0v) is 17.0. The highest BCUT2D eigenvalue weighted by atomic mass is 16.2. The highest BCUT2D eigenvalue weighted by Crippen LogP contribution is 2.31. The summed E-state index contributed by atoms with van der Waals surface area (Å²) in [6, 6.07) is 14.2. The van der Waals surface area contributed by atoms with Crippen LogP contribution in [0.2, 0.25) is 0 Å². The Bertz CT molecular complexity index is 1030. The average molecular weight is 420 g/mol. The number of nitrogens with two attached hydrogens (primary N) is 1. The minimum Gasteiger partial charge on any atom is -0.366 e. The average Bonchev–Trinajstić information content (AvgIpc) is 3.60. The molecule has 0 saturated heterocycles. The summed E-state index contributed by atoms with van der Waals surface area (Å²) in [6.07, 6.45) is 2.00. The number of carbonyl (C=O) groups excluding carboxylic acids is 4. The SMILES string of the molecule is NC(=O)c1ccc(CN(C(=O)CCC(=O)N2CC(=O)Nc3ccccc32)C2CC2)cc1. The smallest absolute Gasteiger partial charge is 0.248 e. The third-order valence-corrected chi connectivity index (χ3v) is 5.52. The molecule has 2 aromatic carbocycles. The van der Waals surface area contributed by atoms with Gasteiger partial charge in [-0.1, -0.05) is 24.3 Å². The molecule has 4 amide bonds. The lowest BCUT2D eigenvalue weighted by Crippen LogP contribution is -2.42. The summed E-state index contributed by atoms with van der Waals surface area (Å²) in [5.41, 5.74) is 7.84. The molecule has 1 aliphatic carbocycles. The number of fused-ring (bicyclic) bond motifs is 1. The summed E-state index contributed by atoms with van der Waals surface area (Å²) < 4.78 is 0. The number of primary amides is 1. The van der Waals surface area contributed by atoms with Crippen molar-refractivity contribution in [3.05, 3.63) is 59.7 Å². The minimum absolute atomic E-state index is 0.0320. The van der Waals surface area contributed by atoms with Gasteiger partial charge >= 0.3 is 0 Å². The summed E-state index contributed by atoms with van der Waals surface area (Å²) in [5.74, 6) is -1.09. The lowest BCUT2D eigenvalue weighted by atomic mass is 10.1. The van der Waals surface area contributed by atoms with E-state index in [0.29, 0.717) is 23.5 Å². The number of nitrogens with one attached hydrogen (secondary N) is 1. The Morgan fingerprint density at radius 3 is 2.42 bits per heavy atom. The highest BCUT2D eigenvalue weighted by molar-refractivity contribution is 6.10. The zero-order chi connectivity index (χ0) is 22.0. The maximum Gasteiger partial charge on any atom is 0.248 e. The largest absolute Gasteiger partial charge is 0.366 e. The minimum atomic E-state index is -0.492. The molecule has 0 atom stereocenters.